The zero-order chi connectivity index (χ0) is 22.2. The number of aromatic nitrogens is 3. The van der Waals surface area contributed by atoms with E-state index in [-0.39, 0.29) is 19.0 Å². The van der Waals surface area contributed by atoms with Gasteiger partial charge in [-0.3, -0.25) is 0 Å². The molecule has 11 heteroatoms. The smallest absolute Gasteiger partial charge is 0.251 e. The summed E-state index contributed by atoms with van der Waals surface area (Å²) in [6, 6.07) is 5.87. The van der Waals surface area contributed by atoms with Gasteiger partial charge >= 0.3 is 0 Å². The van der Waals surface area contributed by atoms with E-state index in [4.69, 9.17) is 4.42 Å². The molecule has 0 bridgehead atoms. The summed E-state index contributed by atoms with van der Waals surface area (Å²) in [6.45, 7) is 4.85. The van der Waals surface area contributed by atoms with Gasteiger partial charge in [0.2, 0.25) is 15.9 Å². The number of hydrogen-bond donors (Lipinski definition) is 0. The van der Waals surface area contributed by atoms with E-state index in [9.17, 15) is 17.2 Å². The third-order valence-electron chi connectivity index (χ3n) is 4.96. The summed E-state index contributed by atoms with van der Waals surface area (Å²) in [4.78, 5) is 5.96. The molecule has 1 aliphatic rings. The van der Waals surface area contributed by atoms with E-state index in [0.29, 0.717) is 42.3 Å². The molecule has 0 saturated carbocycles. The second-order valence-corrected chi connectivity index (χ2v) is 9.41. The molecule has 1 aromatic carbocycles. The van der Waals surface area contributed by atoms with Gasteiger partial charge in [0.15, 0.2) is 0 Å². The zero-order valence-corrected chi connectivity index (χ0v) is 17.8. The first-order valence-corrected chi connectivity index (χ1v) is 11.2. The summed E-state index contributed by atoms with van der Waals surface area (Å²) < 4.78 is 59.6. The van der Waals surface area contributed by atoms with Crippen LogP contribution in [-0.2, 0) is 10.0 Å². The Morgan fingerprint density at radius 3 is 2.32 bits per heavy atom. The zero-order valence-electron chi connectivity index (χ0n) is 17.0. The van der Waals surface area contributed by atoms with Crippen molar-refractivity contribution in [2.45, 2.75) is 24.7 Å². The number of sulfonamides is 1. The van der Waals surface area contributed by atoms with Gasteiger partial charge in [-0.1, -0.05) is 13.8 Å². The topological polar surface area (TPSA) is 92.4 Å². The number of hydrogen-bond acceptors (Lipinski definition) is 7. The Hall–Kier alpha value is -2.92. The number of pyridine rings is 1. The van der Waals surface area contributed by atoms with Gasteiger partial charge in [-0.2, -0.15) is 4.31 Å². The third kappa shape index (κ3) is 4.28. The molecule has 0 spiro atoms. The van der Waals surface area contributed by atoms with Crippen molar-refractivity contribution in [2.75, 3.05) is 31.1 Å². The lowest BCUT2D eigenvalue weighted by atomic mass is 10.2. The SMILES string of the molecule is CC(C)c1nnc(-c2cccnc2N2CCN(S(=O)(=O)c3cc(F)cc(F)c3)CC2)o1. The highest BCUT2D eigenvalue weighted by molar-refractivity contribution is 7.89. The number of benzene rings is 1. The Kier molecular flexibility index (Phi) is 5.71. The fourth-order valence-electron chi connectivity index (χ4n) is 3.36. The monoisotopic (exact) mass is 449 g/mol. The molecule has 31 heavy (non-hydrogen) atoms. The minimum atomic E-state index is -4.02. The molecule has 4 rings (SSSR count). The third-order valence-corrected chi connectivity index (χ3v) is 6.84. The van der Waals surface area contributed by atoms with Crippen molar-refractivity contribution in [2.24, 2.45) is 0 Å². The predicted molar refractivity (Wildman–Crippen MR) is 109 cm³/mol. The van der Waals surface area contributed by atoms with Crippen LogP contribution in [0.15, 0.2) is 45.8 Å². The summed E-state index contributed by atoms with van der Waals surface area (Å²) in [6.07, 6.45) is 1.64. The largest absolute Gasteiger partial charge is 0.420 e. The van der Waals surface area contributed by atoms with Gasteiger partial charge < -0.3 is 9.32 Å². The van der Waals surface area contributed by atoms with Gasteiger partial charge in [-0.25, -0.2) is 22.2 Å². The van der Waals surface area contributed by atoms with Gasteiger partial charge in [0, 0.05) is 44.4 Å². The quantitative estimate of drug-likeness (QED) is 0.591. The van der Waals surface area contributed by atoms with Crippen LogP contribution in [0.5, 0.6) is 0 Å². The molecular weight excluding hydrogens is 428 g/mol. The predicted octanol–water partition coefficient (Wildman–Crippen LogP) is 3.04. The Bertz CT molecular complexity index is 1170. The maximum atomic E-state index is 13.5. The van der Waals surface area contributed by atoms with E-state index < -0.39 is 26.6 Å². The van der Waals surface area contributed by atoms with Gasteiger partial charge in [0.25, 0.3) is 5.89 Å². The van der Waals surface area contributed by atoms with Crippen LogP contribution >= 0.6 is 0 Å². The second-order valence-electron chi connectivity index (χ2n) is 7.47. The molecule has 0 atom stereocenters. The van der Waals surface area contributed by atoms with Crippen LogP contribution in [0.3, 0.4) is 0 Å². The molecule has 3 aromatic rings. The molecule has 0 unspecified atom stereocenters. The minimum absolute atomic E-state index is 0.0859. The van der Waals surface area contributed by atoms with Crippen molar-refractivity contribution in [1.82, 2.24) is 19.5 Å². The molecule has 164 valence electrons. The molecule has 1 fully saturated rings. The fraction of sp³-hybridized carbons (Fsp3) is 0.350. The van der Waals surface area contributed by atoms with E-state index in [0.717, 1.165) is 12.1 Å². The van der Waals surface area contributed by atoms with Crippen LogP contribution in [0.1, 0.15) is 25.7 Å². The molecule has 0 aliphatic carbocycles. The summed E-state index contributed by atoms with van der Waals surface area (Å²) in [5.41, 5.74) is 0.658. The maximum Gasteiger partial charge on any atom is 0.251 e. The Labute approximate surface area is 178 Å². The van der Waals surface area contributed by atoms with Gasteiger partial charge in [0.1, 0.15) is 17.5 Å². The van der Waals surface area contributed by atoms with Crippen molar-refractivity contribution in [1.29, 1.82) is 0 Å². The second kappa shape index (κ2) is 8.31. The molecule has 1 saturated heterocycles. The molecule has 3 heterocycles. The summed E-state index contributed by atoms with van der Waals surface area (Å²) in [5.74, 6) is -0.315. The number of rotatable bonds is 5. The fourth-order valence-corrected chi connectivity index (χ4v) is 4.82. The minimum Gasteiger partial charge on any atom is -0.420 e. The molecular formula is C20H21F2N5O3S. The first-order valence-electron chi connectivity index (χ1n) is 9.75. The van der Waals surface area contributed by atoms with Crippen molar-refractivity contribution < 1.29 is 21.6 Å². The first kappa shape index (κ1) is 21.3. The standard InChI is InChI=1S/C20H21F2N5O3S/c1-13(2)19-24-25-20(30-19)17-4-3-5-23-18(17)26-6-8-27(9-7-26)31(28,29)16-11-14(21)10-15(22)12-16/h3-5,10-13H,6-9H2,1-2H3. The van der Waals surface area contributed by atoms with E-state index in [1.165, 1.54) is 4.31 Å². The van der Waals surface area contributed by atoms with Gasteiger partial charge in [-0.05, 0) is 24.3 Å². The molecule has 0 N–H and O–H groups in total. The van der Waals surface area contributed by atoms with Gasteiger partial charge in [0.05, 0.1) is 10.5 Å². The van der Waals surface area contributed by atoms with Gasteiger partial charge in [-0.15, -0.1) is 10.2 Å². The highest BCUT2D eigenvalue weighted by Crippen LogP contribution is 2.30. The van der Waals surface area contributed by atoms with E-state index in [1.807, 2.05) is 24.8 Å². The van der Waals surface area contributed by atoms with E-state index in [2.05, 4.69) is 15.2 Å². The van der Waals surface area contributed by atoms with Crippen LogP contribution in [-0.4, -0.2) is 54.1 Å². The van der Waals surface area contributed by atoms with Crippen molar-refractivity contribution >= 4 is 15.8 Å². The first-order chi connectivity index (χ1) is 14.8. The normalized spacial score (nSPS) is 15.6. The Morgan fingerprint density at radius 2 is 1.71 bits per heavy atom. The highest BCUT2D eigenvalue weighted by atomic mass is 32.2. The van der Waals surface area contributed by atoms with Crippen LogP contribution in [0, 0.1) is 11.6 Å². The number of halogens is 2. The van der Waals surface area contributed by atoms with Crippen LogP contribution in [0.25, 0.3) is 11.5 Å². The number of anilines is 1. The van der Waals surface area contributed by atoms with Crippen LogP contribution < -0.4 is 4.90 Å². The molecule has 2 aromatic heterocycles. The van der Waals surface area contributed by atoms with Crippen LogP contribution in [0.2, 0.25) is 0 Å². The Balaban J connectivity index is 1.54. The van der Waals surface area contributed by atoms with Crippen LogP contribution in [0.4, 0.5) is 14.6 Å². The molecule has 1 aliphatic heterocycles. The van der Waals surface area contributed by atoms with E-state index in [1.54, 1.807) is 12.3 Å². The molecule has 8 nitrogen and oxygen atoms in total. The van der Waals surface area contributed by atoms with Crippen molar-refractivity contribution in [3.05, 3.63) is 54.1 Å². The lowest BCUT2D eigenvalue weighted by Crippen LogP contribution is -2.49. The molecule has 0 radical (unpaired) electrons. The summed E-state index contributed by atoms with van der Waals surface area (Å²) in [7, 11) is -4.02. The van der Waals surface area contributed by atoms with E-state index >= 15 is 0 Å². The lowest BCUT2D eigenvalue weighted by Gasteiger charge is -2.35. The molecule has 0 amide bonds. The average Bonchev–Trinajstić information content (AvgIpc) is 3.24. The maximum absolute atomic E-state index is 13.5. The number of piperazine rings is 1. The average molecular weight is 449 g/mol. The number of nitrogens with zero attached hydrogens (tertiary/aromatic N) is 5. The van der Waals surface area contributed by atoms with Crippen molar-refractivity contribution in [3.8, 4) is 11.5 Å². The summed E-state index contributed by atoms with van der Waals surface area (Å²) in [5, 5.41) is 8.17. The Morgan fingerprint density at radius 1 is 1.03 bits per heavy atom. The van der Waals surface area contributed by atoms with Crippen molar-refractivity contribution in [3.63, 3.8) is 0 Å². The highest BCUT2D eigenvalue weighted by Gasteiger charge is 2.31. The summed E-state index contributed by atoms with van der Waals surface area (Å²) >= 11 is 0. The lowest BCUT2D eigenvalue weighted by molar-refractivity contribution is 0.383.